The topological polar surface area (TPSA) is 90.0 Å². The predicted octanol–water partition coefficient (Wildman–Crippen LogP) is 4.74. The highest BCUT2D eigenvalue weighted by atomic mass is 32.1. The van der Waals surface area contributed by atoms with Crippen LogP contribution in [0.5, 0.6) is 11.5 Å². The molecule has 1 aromatic carbocycles. The number of carbonyl (C=O) groups excluding carboxylic acids is 2. The Kier molecular flexibility index (Phi) is 7.08. The van der Waals surface area contributed by atoms with E-state index in [4.69, 9.17) is 14.2 Å². The molecular weight excluding hydrogens is 430 g/mol. The number of aromatic nitrogens is 1. The van der Waals surface area contributed by atoms with Gasteiger partial charge < -0.3 is 19.1 Å². The van der Waals surface area contributed by atoms with Crippen LogP contribution in [0.1, 0.15) is 54.2 Å². The van der Waals surface area contributed by atoms with Gasteiger partial charge in [-0.15, -0.1) is 0 Å². The molecular formula is C23H29N3O5S. The van der Waals surface area contributed by atoms with Crippen LogP contribution in [0.25, 0.3) is 6.08 Å². The summed E-state index contributed by atoms with van der Waals surface area (Å²) in [5.41, 5.74) is 1.52. The number of anilines is 1. The van der Waals surface area contributed by atoms with Gasteiger partial charge in [0.25, 0.3) is 5.91 Å². The molecule has 0 atom stereocenters. The van der Waals surface area contributed by atoms with Gasteiger partial charge in [0.2, 0.25) is 0 Å². The molecule has 2 heterocycles. The molecule has 9 heteroatoms. The van der Waals surface area contributed by atoms with Crippen molar-refractivity contribution in [2.45, 2.75) is 46.3 Å². The maximum Gasteiger partial charge on any atom is 0.410 e. The van der Waals surface area contributed by atoms with Crippen molar-refractivity contribution < 1.29 is 23.8 Å². The number of allylic oxidation sites excluding steroid dienone is 1. The van der Waals surface area contributed by atoms with Crippen molar-refractivity contribution in [3.8, 4) is 11.5 Å². The number of fused-ring (bicyclic) bond motifs is 1. The summed E-state index contributed by atoms with van der Waals surface area (Å²) in [5, 5.41) is 3.36. The second-order valence-corrected chi connectivity index (χ2v) is 9.38. The third-order valence-electron chi connectivity index (χ3n) is 4.72. The molecule has 2 aromatic rings. The summed E-state index contributed by atoms with van der Waals surface area (Å²) in [7, 11) is 3.09. The van der Waals surface area contributed by atoms with Crippen molar-refractivity contribution in [3.63, 3.8) is 0 Å². The highest BCUT2D eigenvalue weighted by Crippen LogP contribution is 2.34. The standard InChI is InChI=1S/C23H29N3O5S/c1-7-8-14-11-15(12-17(29-5)19(14)30-6)20(27)25-21-24-16-9-10-26(13-18(16)32-21)22(28)31-23(2,3)4/h7-8,11-12H,9-10,13H2,1-6H3,(H,24,25,27)/b8-7+. The lowest BCUT2D eigenvalue weighted by atomic mass is 10.1. The van der Waals surface area contributed by atoms with Crippen LogP contribution < -0.4 is 14.8 Å². The first-order valence-electron chi connectivity index (χ1n) is 10.3. The SMILES string of the molecule is C/C=C/c1cc(C(=O)Nc2nc3c(s2)CN(C(=O)OC(C)(C)C)CC3)cc(OC)c1OC. The van der Waals surface area contributed by atoms with E-state index >= 15 is 0 Å². The number of rotatable bonds is 5. The largest absolute Gasteiger partial charge is 0.493 e. The molecule has 1 aliphatic rings. The van der Waals surface area contributed by atoms with Crippen molar-refractivity contribution in [2.75, 3.05) is 26.1 Å². The molecule has 0 saturated heterocycles. The quantitative estimate of drug-likeness (QED) is 0.695. The smallest absolute Gasteiger partial charge is 0.410 e. The Balaban J connectivity index is 1.77. The first kappa shape index (κ1) is 23.6. The van der Waals surface area contributed by atoms with Gasteiger partial charge in [-0.05, 0) is 39.8 Å². The van der Waals surface area contributed by atoms with E-state index in [-0.39, 0.29) is 12.0 Å². The number of hydrogen-bond donors (Lipinski definition) is 1. The molecule has 0 radical (unpaired) electrons. The summed E-state index contributed by atoms with van der Waals surface area (Å²) in [5.74, 6) is 0.737. The van der Waals surface area contributed by atoms with Crippen LogP contribution in [0, 0.1) is 0 Å². The predicted molar refractivity (Wildman–Crippen MR) is 125 cm³/mol. The average molecular weight is 460 g/mol. The minimum atomic E-state index is -0.546. The first-order valence-corrected chi connectivity index (χ1v) is 11.1. The summed E-state index contributed by atoms with van der Waals surface area (Å²) in [6.45, 7) is 8.36. The average Bonchev–Trinajstić information content (AvgIpc) is 3.13. The van der Waals surface area contributed by atoms with E-state index in [1.807, 2.05) is 39.8 Å². The summed E-state index contributed by atoms with van der Waals surface area (Å²) in [4.78, 5) is 32.5. The minimum absolute atomic E-state index is 0.299. The third kappa shape index (κ3) is 5.40. The third-order valence-corrected chi connectivity index (χ3v) is 5.72. The Hall–Kier alpha value is -3.07. The number of nitrogens with one attached hydrogen (secondary N) is 1. The van der Waals surface area contributed by atoms with Crippen LogP contribution >= 0.6 is 11.3 Å². The Morgan fingerprint density at radius 1 is 1.22 bits per heavy atom. The van der Waals surface area contributed by atoms with Crippen molar-refractivity contribution in [3.05, 3.63) is 39.9 Å². The summed E-state index contributed by atoms with van der Waals surface area (Å²) in [6.07, 6.45) is 3.99. The molecule has 1 N–H and O–H groups in total. The number of carbonyl (C=O) groups is 2. The summed E-state index contributed by atoms with van der Waals surface area (Å²) >= 11 is 1.37. The molecule has 0 bridgehead atoms. The van der Waals surface area contributed by atoms with Crippen molar-refractivity contribution in [2.24, 2.45) is 0 Å². The van der Waals surface area contributed by atoms with E-state index in [0.29, 0.717) is 41.7 Å². The van der Waals surface area contributed by atoms with Gasteiger partial charge >= 0.3 is 6.09 Å². The Bertz CT molecular complexity index is 1040. The van der Waals surface area contributed by atoms with Crippen LogP contribution in [0.3, 0.4) is 0 Å². The minimum Gasteiger partial charge on any atom is -0.493 e. The molecule has 3 rings (SSSR count). The lowest BCUT2D eigenvalue weighted by Gasteiger charge is -2.29. The van der Waals surface area contributed by atoms with Crippen molar-refractivity contribution in [1.82, 2.24) is 9.88 Å². The lowest BCUT2D eigenvalue weighted by Crippen LogP contribution is -2.39. The maximum atomic E-state index is 12.9. The normalized spacial score (nSPS) is 13.6. The van der Waals surface area contributed by atoms with Gasteiger partial charge in [0.15, 0.2) is 16.6 Å². The second kappa shape index (κ2) is 9.60. The zero-order chi connectivity index (χ0) is 23.5. The zero-order valence-corrected chi connectivity index (χ0v) is 20.1. The van der Waals surface area contributed by atoms with E-state index in [1.54, 1.807) is 24.1 Å². The number of ether oxygens (including phenoxy) is 3. The maximum absolute atomic E-state index is 12.9. The highest BCUT2D eigenvalue weighted by Gasteiger charge is 2.28. The molecule has 0 unspecified atom stereocenters. The molecule has 8 nitrogen and oxygen atoms in total. The molecule has 1 aliphatic heterocycles. The monoisotopic (exact) mass is 459 g/mol. The number of nitrogens with zero attached hydrogens (tertiary/aromatic N) is 2. The highest BCUT2D eigenvalue weighted by molar-refractivity contribution is 7.15. The van der Waals surface area contributed by atoms with Crippen LogP contribution in [0.4, 0.5) is 9.93 Å². The fraction of sp³-hybridized carbons (Fsp3) is 0.435. The molecule has 1 aromatic heterocycles. The van der Waals surface area contributed by atoms with E-state index in [1.165, 1.54) is 18.4 Å². The molecule has 2 amide bonds. The van der Waals surface area contributed by atoms with E-state index < -0.39 is 5.60 Å². The first-order chi connectivity index (χ1) is 15.1. The van der Waals surface area contributed by atoms with E-state index in [2.05, 4.69) is 10.3 Å². The summed E-state index contributed by atoms with van der Waals surface area (Å²) < 4.78 is 16.3. The fourth-order valence-corrected chi connectivity index (χ4v) is 4.35. The van der Waals surface area contributed by atoms with E-state index in [0.717, 1.165) is 16.1 Å². The molecule has 172 valence electrons. The van der Waals surface area contributed by atoms with Crippen LogP contribution in [0.2, 0.25) is 0 Å². The molecule has 0 saturated carbocycles. The Morgan fingerprint density at radius 2 is 1.97 bits per heavy atom. The van der Waals surface area contributed by atoms with Gasteiger partial charge in [0.1, 0.15) is 5.60 Å². The molecule has 0 aliphatic carbocycles. The van der Waals surface area contributed by atoms with Crippen molar-refractivity contribution >= 4 is 34.5 Å². The van der Waals surface area contributed by atoms with Gasteiger partial charge in [-0.25, -0.2) is 9.78 Å². The second-order valence-electron chi connectivity index (χ2n) is 8.30. The summed E-state index contributed by atoms with van der Waals surface area (Å²) in [6, 6.07) is 3.38. The number of methoxy groups -OCH3 is 2. The lowest BCUT2D eigenvalue weighted by molar-refractivity contribution is 0.0225. The van der Waals surface area contributed by atoms with Crippen LogP contribution in [-0.4, -0.2) is 48.2 Å². The fourth-order valence-electron chi connectivity index (χ4n) is 3.33. The molecule has 0 spiro atoms. The van der Waals surface area contributed by atoms with Crippen LogP contribution in [0.15, 0.2) is 18.2 Å². The van der Waals surface area contributed by atoms with Gasteiger partial charge in [0, 0.05) is 29.0 Å². The van der Waals surface area contributed by atoms with Gasteiger partial charge in [-0.3, -0.25) is 10.1 Å². The van der Waals surface area contributed by atoms with Gasteiger partial charge in [-0.1, -0.05) is 23.5 Å². The van der Waals surface area contributed by atoms with E-state index in [9.17, 15) is 9.59 Å². The number of thiazole rings is 1. The van der Waals surface area contributed by atoms with Crippen molar-refractivity contribution in [1.29, 1.82) is 0 Å². The number of hydrogen-bond acceptors (Lipinski definition) is 7. The zero-order valence-electron chi connectivity index (χ0n) is 19.3. The van der Waals surface area contributed by atoms with Crippen LogP contribution in [-0.2, 0) is 17.7 Å². The van der Waals surface area contributed by atoms with Gasteiger partial charge in [0.05, 0.1) is 26.5 Å². The number of amides is 2. The molecule has 32 heavy (non-hydrogen) atoms. The Labute approximate surface area is 192 Å². The molecule has 0 fully saturated rings. The van der Waals surface area contributed by atoms with Gasteiger partial charge in [-0.2, -0.15) is 0 Å². The number of benzene rings is 1. The Morgan fingerprint density at radius 3 is 2.59 bits per heavy atom.